The van der Waals surface area contributed by atoms with Gasteiger partial charge in [0.25, 0.3) is 5.91 Å². The SMILES string of the molecule is Cc1ccc(S(=O)(=O)Oc2ccc(/C=C3/C(=N)N4N=C(c5cccnc5)SC4=NC3=O)cc2Cl)cc1. The molecule has 1 amide bonds. The fraction of sp³-hybridized carbons (Fsp3) is 0.0417. The summed E-state index contributed by atoms with van der Waals surface area (Å²) in [6.45, 7) is 1.85. The predicted molar refractivity (Wildman–Crippen MR) is 139 cm³/mol. The van der Waals surface area contributed by atoms with Crippen LogP contribution in [0.4, 0.5) is 0 Å². The van der Waals surface area contributed by atoms with Gasteiger partial charge in [-0.3, -0.25) is 15.2 Å². The van der Waals surface area contributed by atoms with Gasteiger partial charge < -0.3 is 4.18 Å². The summed E-state index contributed by atoms with van der Waals surface area (Å²) < 4.78 is 30.4. The lowest BCUT2D eigenvalue weighted by Gasteiger charge is -2.20. The van der Waals surface area contributed by atoms with Crippen molar-refractivity contribution in [1.82, 2.24) is 9.99 Å². The number of halogens is 1. The van der Waals surface area contributed by atoms with E-state index in [0.29, 0.717) is 10.6 Å². The monoisotopic (exact) mass is 537 g/mol. The molecular formula is C24H16ClN5O4S2. The minimum Gasteiger partial charge on any atom is -0.377 e. The number of amidine groups is 2. The predicted octanol–water partition coefficient (Wildman–Crippen LogP) is 4.48. The van der Waals surface area contributed by atoms with Gasteiger partial charge >= 0.3 is 10.1 Å². The van der Waals surface area contributed by atoms with Crippen LogP contribution in [0.25, 0.3) is 6.08 Å². The first kappa shape index (κ1) is 23.9. The Balaban J connectivity index is 1.39. The third-order valence-corrected chi connectivity index (χ3v) is 7.64. The van der Waals surface area contributed by atoms with Crippen molar-refractivity contribution in [2.24, 2.45) is 10.1 Å². The topological polar surface area (TPSA) is 125 Å². The molecule has 0 spiro atoms. The number of hydrogen-bond acceptors (Lipinski definition) is 8. The molecule has 3 heterocycles. The molecule has 0 aliphatic carbocycles. The van der Waals surface area contributed by atoms with Gasteiger partial charge in [0.1, 0.15) is 9.94 Å². The van der Waals surface area contributed by atoms with Crippen LogP contribution in [0.5, 0.6) is 5.75 Å². The van der Waals surface area contributed by atoms with Crippen LogP contribution >= 0.6 is 23.4 Å². The number of thioether (sulfide) groups is 1. The average Bonchev–Trinajstić information content (AvgIpc) is 3.28. The summed E-state index contributed by atoms with van der Waals surface area (Å²) in [5.41, 5.74) is 2.12. The Bertz CT molecular complexity index is 1600. The van der Waals surface area contributed by atoms with Gasteiger partial charge in [-0.1, -0.05) is 35.4 Å². The van der Waals surface area contributed by atoms with Crippen LogP contribution in [-0.2, 0) is 14.9 Å². The van der Waals surface area contributed by atoms with E-state index < -0.39 is 16.0 Å². The van der Waals surface area contributed by atoms with E-state index in [1.165, 1.54) is 53.2 Å². The van der Waals surface area contributed by atoms with Crippen molar-refractivity contribution in [3.8, 4) is 5.75 Å². The van der Waals surface area contributed by atoms with Crippen LogP contribution in [0.15, 0.2) is 87.6 Å². The Morgan fingerprint density at radius 2 is 1.92 bits per heavy atom. The third kappa shape index (κ3) is 4.68. The van der Waals surface area contributed by atoms with Crippen molar-refractivity contribution in [3.05, 3.63) is 94.3 Å². The zero-order valence-corrected chi connectivity index (χ0v) is 20.9. The number of aromatic nitrogens is 1. The molecule has 0 unspecified atom stereocenters. The van der Waals surface area contributed by atoms with Crippen LogP contribution in [0, 0.1) is 12.3 Å². The van der Waals surface area contributed by atoms with Crippen LogP contribution in [0.2, 0.25) is 5.02 Å². The average molecular weight is 538 g/mol. The Morgan fingerprint density at radius 3 is 2.61 bits per heavy atom. The highest BCUT2D eigenvalue weighted by molar-refractivity contribution is 8.27. The number of carbonyl (C=O) groups is 1. The summed E-state index contributed by atoms with van der Waals surface area (Å²) >= 11 is 7.46. The van der Waals surface area contributed by atoms with Gasteiger partial charge in [-0.2, -0.15) is 23.5 Å². The molecule has 2 aromatic carbocycles. The van der Waals surface area contributed by atoms with E-state index in [2.05, 4.69) is 15.1 Å². The lowest BCUT2D eigenvalue weighted by Crippen LogP contribution is -2.35. The molecule has 2 aliphatic rings. The highest BCUT2D eigenvalue weighted by Crippen LogP contribution is 2.32. The Kier molecular flexibility index (Phi) is 6.20. The van der Waals surface area contributed by atoms with E-state index in [1.807, 2.05) is 13.0 Å². The number of nitrogens with zero attached hydrogens (tertiary/aromatic N) is 4. The van der Waals surface area contributed by atoms with E-state index in [9.17, 15) is 13.2 Å². The number of benzene rings is 2. The lowest BCUT2D eigenvalue weighted by molar-refractivity contribution is -0.114. The third-order valence-electron chi connectivity index (χ3n) is 5.14. The van der Waals surface area contributed by atoms with Crippen molar-refractivity contribution in [3.63, 3.8) is 0 Å². The second-order valence-electron chi connectivity index (χ2n) is 7.71. The molecule has 36 heavy (non-hydrogen) atoms. The number of aliphatic imine (C=N–C) groups is 1. The van der Waals surface area contributed by atoms with Crippen molar-refractivity contribution in [2.45, 2.75) is 11.8 Å². The molecular weight excluding hydrogens is 522 g/mol. The van der Waals surface area contributed by atoms with Crippen molar-refractivity contribution < 1.29 is 17.4 Å². The minimum atomic E-state index is -4.08. The highest BCUT2D eigenvalue weighted by Gasteiger charge is 2.36. The summed E-state index contributed by atoms with van der Waals surface area (Å²) in [6, 6.07) is 14.2. The maximum atomic E-state index is 12.7. The molecule has 0 atom stereocenters. The van der Waals surface area contributed by atoms with Crippen molar-refractivity contribution in [1.29, 1.82) is 5.41 Å². The van der Waals surface area contributed by atoms with Gasteiger partial charge in [0.05, 0.1) is 10.6 Å². The largest absolute Gasteiger partial charge is 0.377 e. The van der Waals surface area contributed by atoms with Gasteiger partial charge in [-0.15, -0.1) is 0 Å². The Labute approximate surface area is 215 Å². The molecule has 1 N–H and O–H groups in total. The Hall–Kier alpha value is -3.80. The first-order chi connectivity index (χ1) is 17.2. The van der Waals surface area contributed by atoms with Crippen LogP contribution in [-0.4, -0.2) is 40.4 Å². The molecule has 2 aliphatic heterocycles. The zero-order valence-electron chi connectivity index (χ0n) is 18.5. The number of rotatable bonds is 5. The van der Waals surface area contributed by atoms with Crippen LogP contribution < -0.4 is 4.18 Å². The summed E-state index contributed by atoms with van der Waals surface area (Å²) in [6.07, 6.45) is 4.72. The number of carbonyl (C=O) groups excluding carboxylic acids is 1. The number of nitrogens with one attached hydrogen (secondary N) is 1. The number of aryl methyl sites for hydroxylation is 1. The number of hydrogen-bond donors (Lipinski definition) is 1. The molecule has 9 nitrogen and oxygen atoms in total. The quantitative estimate of drug-likeness (QED) is 0.375. The number of pyridine rings is 1. The van der Waals surface area contributed by atoms with Crippen molar-refractivity contribution in [2.75, 3.05) is 0 Å². The molecule has 3 aromatic rings. The first-order valence-electron chi connectivity index (χ1n) is 10.4. The minimum absolute atomic E-state index is 0.0000294. The van der Waals surface area contributed by atoms with E-state index in [-0.39, 0.29) is 32.2 Å². The highest BCUT2D eigenvalue weighted by atomic mass is 35.5. The van der Waals surface area contributed by atoms with Crippen molar-refractivity contribution >= 4 is 61.5 Å². The van der Waals surface area contributed by atoms with Gasteiger partial charge in [-0.25, -0.2) is 0 Å². The normalized spacial score (nSPS) is 16.6. The molecule has 180 valence electrons. The summed E-state index contributed by atoms with van der Waals surface area (Å²) in [4.78, 5) is 20.8. The molecule has 0 saturated heterocycles. The van der Waals surface area contributed by atoms with E-state index in [4.69, 9.17) is 21.2 Å². The van der Waals surface area contributed by atoms with Gasteiger partial charge in [0, 0.05) is 18.0 Å². The van der Waals surface area contributed by atoms with E-state index in [1.54, 1.807) is 30.6 Å². The molecule has 0 radical (unpaired) electrons. The molecule has 1 aromatic heterocycles. The summed E-state index contributed by atoms with van der Waals surface area (Å²) in [5, 5.41) is 15.1. The number of amides is 1. The molecule has 0 saturated carbocycles. The second-order valence-corrected chi connectivity index (χ2v) is 10.6. The standard InChI is InChI=1S/C24H16ClN5O4S2/c1-14-4-7-17(8-5-14)36(32,33)34-20-9-6-15(12-19(20)25)11-18-21(26)30-24(28-22(18)31)35-23(29-30)16-3-2-10-27-13-16/h2-13,26H,1H3/b18-11-,26-21?. The fourth-order valence-electron chi connectivity index (χ4n) is 3.31. The first-order valence-corrected chi connectivity index (χ1v) is 13.0. The summed E-state index contributed by atoms with van der Waals surface area (Å²) in [7, 11) is -4.08. The molecule has 0 bridgehead atoms. The summed E-state index contributed by atoms with van der Waals surface area (Å²) in [5.74, 6) is -0.805. The van der Waals surface area contributed by atoms with E-state index in [0.717, 1.165) is 11.1 Å². The molecule has 0 fully saturated rings. The second kappa shape index (κ2) is 9.34. The smallest absolute Gasteiger partial charge is 0.339 e. The van der Waals surface area contributed by atoms with Gasteiger partial charge in [0.2, 0.25) is 5.17 Å². The molecule has 5 rings (SSSR count). The van der Waals surface area contributed by atoms with Crippen LogP contribution in [0.1, 0.15) is 16.7 Å². The zero-order chi connectivity index (χ0) is 25.4. The van der Waals surface area contributed by atoms with Crippen LogP contribution in [0.3, 0.4) is 0 Å². The fourth-order valence-corrected chi connectivity index (χ4v) is 5.41. The van der Waals surface area contributed by atoms with Gasteiger partial charge in [0.15, 0.2) is 11.6 Å². The van der Waals surface area contributed by atoms with Gasteiger partial charge in [-0.05, 0) is 66.7 Å². The lowest BCUT2D eigenvalue weighted by atomic mass is 10.1. The maximum Gasteiger partial charge on any atom is 0.339 e. The Morgan fingerprint density at radius 1 is 1.14 bits per heavy atom. The van der Waals surface area contributed by atoms with E-state index >= 15 is 0 Å². The maximum absolute atomic E-state index is 12.7. The molecule has 12 heteroatoms. The number of hydrazone groups is 1. The number of fused-ring (bicyclic) bond motifs is 1.